The summed E-state index contributed by atoms with van der Waals surface area (Å²) in [5, 5.41) is 15.0. The second-order valence-electron chi connectivity index (χ2n) is 4.77. The van der Waals surface area contributed by atoms with Crippen LogP contribution in [0.15, 0.2) is 24.3 Å². The van der Waals surface area contributed by atoms with Crippen molar-refractivity contribution >= 4 is 23.8 Å². The number of carbonyl (C=O) groups is 2. The molecule has 0 saturated carbocycles. The number of hydrogen-bond donors (Lipinski definition) is 3. The number of rotatable bonds is 8. The molecule has 6 heteroatoms. The summed E-state index contributed by atoms with van der Waals surface area (Å²) in [5.74, 6) is -0.939. The SMILES string of the molecule is CSC(C)CCNC(=O)NCCc1cccc(C(=O)O)c1. The van der Waals surface area contributed by atoms with Gasteiger partial charge < -0.3 is 15.7 Å². The van der Waals surface area contributed by atoms with E-state index < -0.39 is 5.97 Å². The first-order valence-electron chi connectivity index (χ1n) is 6.89. The van der Waals surface area contributed by atoms with Gasteiger partial charge in [-0.1, -0.05) is 19.1 Å². The molecule has 0 aromatic heterocycles. The number of aromatic carboxylic acids is 1. The van der Waals surface area contributed by atoms with Gasteiger partial charge in [-0.25, -0.2) is 9.59 Å². The van der Waals surface area contributed by atoms with Gasteiger partial charge in [0.15, 0.2) is 0 Å². The van der Waals surface area contributed by atoms with Crippen LogP contribution in [0.4, 0.5) is 4.79 Å². The summed E-state index contributed by atoms with van der Waals surface area (Å²) in [5.41, 5.74) is 1.16. The van der Waals surface area contributed by atoms with Crippen LogP contribution in [0, 0.1) is 0 Å². The predicted octanol–water partition coefficient (Wildman–Crippen LogP) is 2.37. The second kappa shape index (κ2) is 9.28. The highest BCUT2D eigenvalue weighted by atomic mass is 32.2. The largest absolute Gasteiger partial charge is 0.478 e. The number of amides is 2. The van der Waals surface area contributed by atoms with E-state index in [0.29, 0.717) is 24.8 Å². The van der Waals surface area contributed by atoms with Gasteiger partial charge in [-0.2, -0.15) is 11.8 Å². The normalized spacial score (nSPS) is 11.7. The van der Waals surface area contributed by atoms with Crippen molar-refractivity contribution < 1.29 is 14.7 Å². The Kier molecular flexibility index (Phi) is 7.68. The monoisotopic (exact) mass is 310 g/mol. The topological polar surface area (TPSA) is 78.4 Å². The number of urea groups is 1. The number of carbonyl (C=O) groups excluding carboxylic acids is 1. The maximum Gasteiger partial charge on any atom is 0.335 e. The van der Waals surface area contributed by atoms with E-state index in [4.69, 9.17) is 5.11 Å². The summed E-state index contributed by atoms with van der Waals surface area (Å²) in [6, 6.07) is 6.56. The lowest BCUT2D eigenvalue weighted by Gasteiger charge is -2.10. The summed E-state index contributed by atoms with van der Waals surface area (Å²) in [6.45, 7) is 3.26. The lowest BCUT2D eigenvalue weighted by Crippen LogP contribution is -2.37. The van der Waals surface area contributed by atoms with Gasteiger partial charge in [0.1, 0.15) is 0 Å². The number of thioether (sulfide) groups is 1. The Bertz CT molecular complexity index is 480. The summed E-state index contributed by atoms with van der Waals surface area (Å²) in [7, 11) is 0. The highest BCUT2D eigenvalue weighted by Crippen LogP contribution is 2.08. The average molecular weight is 310 g/mol. The van der Waals surface area contributed by atoms with Crippen LogP contribution in [-0.4, -0.2) is 41.7 Å². The second-order valence-corrected chi connectivity index (χ2v) is 6.05. The number of hydrogen-bond acceptors (Lipinski definition) is 3. The summed E-state index contributed by atoms with van der Waals surface area (Å²) in [4.78, 5) is 22.4. The van der Waals surface area contributed by atoms with Gasteiger partial charge in [-0.3, -0.25) is 0 Å². The van der Waals surface area contributed by atoms with Gasteiger partial charge >= 0.3 is 12.0 Å². The van der Waals surface area contributed by atoms with Gasteiger partial charge in [0, 0.05) is 18.3 Å². The zero-order valence-corrected chi connectivity index (χ0v) is 13.2. The van der Waals surface area contributed by atoms with Gasteiger partial charge in [-0.05, 0) is 36.8 Å². The number of carboxylic acid groups (broad SMARTS) is 1. The maximum atomic E-state index is 11.6. The van der Waals surface area contributed by atoms with Crippen molar-refractivity contribution in [3.8, 4) is 0 Å². The van der Waals surface area contributed by atoms with Crippen molar-refractivity contribution in [3.63, 3.8) is 0 Å². The molecule has 5 nitrogen and oxygen atoms in total. The molecule has 0 aliphatic heterocycles. The molecule has 1 unspecified atom stereocenters. The van der Waals surface area contributed by atoms with Crippen molar-refractivity contribution in [3.05, 3.63) is 35.4 Å². The molecule has 21 heavy (non-hydrogen) atoms. The standard InChI is InChI=1S/C15H22N2O3S/c1-11(21-2)6-8-16-15(20)17-9-7-12-4-3-5-13(10-12)14(18)19/h3-5,10-11H,6-9H2,1-2H3,(H,18,19)(H2,16,17,20). The third kappa shape index (κ3) is 7.04. The molecule has 116 valence electrons. The van der Waals surface area contributed by atoms with Gasteiger partial charge in [0.25, 0.3) is 0 Å². The van der Waals surface area contributed by atoms with Crippen molar-refractivity contribution in [2.24, 2.45) is 0 Å². The highest BCUT2D eigenvalue weighted by molar-refractivity contribution is 7.99. The van der Waals surface area contributed by atoms with Crippen molar-refractivity contribution in [1.29, 1.82) is 0 Å². The zero-order chi connectivity index (χ0) is 15.7. The number of nitrogens with one attached hydrogen (secondary N) is 2. The summed E-state index contributed by atoms with van der Waals surface area (Å²) in [6.07, 6.45) is 3.60. The average Bonchev–Trinajstić information content (AvgIpc) is 2.47. The first kappa shape index (κ1) is 17.4. The quantitative estimate of drug-likeness (QED) is 0.689. The molecular weight excluding hydrogens is 288 g/mol. The van der Waals surface area contributed by atoms with Gasteiger partial charge in [0.2, 0.25) is 0 Å². The fourth-order valence-corrected chi connectivity index (χ4v) is 2.10. The molecule has 1 atom stereocenters. The molecule has 2 amide bonds. The van der Waals surface area contributed by atoms with Gasteiger partial charge in [-0.15, -0.1) is 0 Å². The molecule has 1 aromatic rings. The van der Waals surface area contributed by atoms with E-state index in [0.717, 1.165) is 12.0 Å². The molecule has 0 heterocycles. The van der Waals surface area contributed by atoms with Crippen LogP contribution in [0.5, 0.6) is 0 Å². The lowest BCUT2D eigenvalue weighted by molar-refractivity contribution is 0.0696. The van der Waals surface area contributed by atoms with E-state index >= 15 is 0 Å². The smallest absolute Gasteiger partial charge is 0.335 e. The Labute approximate surface area is 129 Å². The van der Waals surface area contributed by atoms with E-state index in [2.05, 4.69) is 23.8 Å². The third-order valence-electron chi connectivity index (χ3n) is 3.11. The Morgan fingerprint density at radius 2 is 2.00 bits per heavy atom. The molecule has 3 N–H and O–H groups in total. The van der Waals surface area contributed by atoms with Crippen LogP contribution in [0.25, 0.3) is 0 Å². The van der Waals surface area contributed by atoms with Crippen LogP contribution in [0.3, 0.4) is 0 Å². The molecule has 0 saturated heterocycles. The number of benzene rings is 1. The van der Waals surface area contributed by atoms with Crippen LogP contribution in [0.1, 0.15) is 29.3 Å². The fraction of sp³-hybridized carbons (Fsp3) is 0.467. The van der Waals surface area contributed by atoms with Crippen molar-refractivity contribution in [1.82, 2.24) is 10.6 Å². The Morgan fingerprint density at radius 1 is 1.29 bits per heavy atom. The molecule has 1 aromatic carbocycles. The highest BCUT2D eigenvalue weighted by Gasteiger charge is 2.05. The molecule has 0 spiro atoms. The van der Waals surface area contributed by atoms with E-state index in [1.807, 2.05) is 6.07 Å². The van der Waals surface area contributed by atoms with Gasteiger partial charge in [0.05, 0.1) is 5.56 Å². The predicted molar refractivity (Wildman–Crippen MR) is 86.1 cm³/mol. The Morgan fingerprint density at radius 3 is 2.67 bits per heavy atom. The summed E-state index contributed by atoms with van der Waals surface area (Å²) >= 11 is 1.78. The molecule has 1 rings (SSSR count). The van der Waals surface area contributed by atoms with E-state index in [1.54, 1.807) is 30.0 Å². The minimum Gasteiger partial charge on any atom is -0.478 e. The van der Waals surface area contributed by atoms with E-state index in [1.165, 1.54) is 0 Å². The molecular formula is C15H22N2O3S. The van der Waals surface area contributed by atoms with Crippen molar-refractivity contribution in [2.45, 2.75) is 25.0 Å². The minimum atomic E-state index is -0.939. The van der Waals surface area contributed by atoms with E-state index in [-0.39, 0.29) is 11.6 Å². The fourth-order valence-electron chi connectivity index (χ4n) is 1.75. The Hall–Kier alpha value is -1.69. The first-order chi connectivity index (χ1) is 10.0. The summed E-state index contributed by atoms with van der Waals surface area (Å²) < 4.78 is 0. The molecule has 0 aliphatic carbocycles. The Balaban J connectivity index is 2.25. The third-order valence-corrected chi connectivity index (χ3v) is 4.15. The molecule has 0 aliphatic rings. The number of carboxylic acids is 1. The maximum absolute atomic E-state index is 11.6. The molecule has 0 bridgehead atoms. The molecule has 0 fully saturated rings. The molecule has 0 radical (unpaired) electrons. The van der Waals surface area contributed by atoms with Crippen LogP contribution < -0.4 is 10.6 Å². The van der Waals surface area contributed by atoms with Crippen molar-refractivity contribution in [2.75, 3.05) is 19.3 Å². The van der Waals surface area contributed by atoms with Crippen LogP contribution in [-0.2, 0) is 6.42 Å². The minimum absolute atomic E-state index is 0.183. The van der Waals surface area contributed by atoms with Crippen LogP contribution >= 0.6 is 11.8 Å². The van der Waals surface area contributed by atoms with Crippen LogP contribution in [0.2, 0.25) is 0 Å². The lowest BCUT2D eigenvalue weighted by atomic mass is 10.1. The van der Waals surface area contributed by atoms with E-state index in [9.17, 15) is 9.59 Å². The zero-order valence-electron chi connectivity index (χ0n) is 12.4. The first-order valence-corrected chi connectivity index (χ1v) is 8.18.